The molecule has 0 bridgehead atoms. The molecule has 0 radical (unpaired) electrons. The highest BCUT2D eigenvalue weighted by molar-refractivity contribution is 14.1. The SMILES string of the molecule is CO[C@@H]1C[C@H](CI)CC[C@H]1O[Si](C(C)C)(C(C)C)C(C)C. The molecule has 3 atom stereocenters. The number of hydrogen-bond donors (Lipinski definition) is 0. The van der Waals surface area contributed by atoms with Gasteiger partial charge in [0.05, 0.1) is 12.2 Å². The highest BCUT2D eigenvalue weighted by Crippen LogP contribution is 2.45. The number of ether oxygens (including phenoxy) is 1. The second-order valence-electron chi connectivity index (χ2n) is 7.58. The summed E-state index contributed by atoms with van der Waals surface area (Å²) in [5.41, 5.74) is 1.95. The average molecular weight is 426 g/mol. The molecular formula is C17H35IO2Si. The molecule has 21 heavy (non-hydrogen) atoms. The van der Waals surface area contributed by atoms with Gasteiger partial charge in [0.1, 0.15) is 0 Å². The van der Waals surface area contributed by atoms with E-state index < -0.39 is 8.32 Å². The summed E-state index contributed by atoms with van der Waals surface area (Å²) in [5.74, 6) is 0.809. The number of hydrogen-bond acceptors (Lipinski definition) is 2. The van der Waals surface area contributed by atoms with Crippen LogP contribution < -0.4 is 0 Å². The van der Waals surface area contributed by atoms with E-state index >= 15 is 0 Å². The molecule has 0 N–H and O–H groups in total. The Morgan fingerprint density at radius 1 is 0.952 bits per heavy atom. The van der Waals surface area contributed by atoms with Crippen molar-refractivity contribution in [3.63, 3.8) is 0 Å². The predicted octanol–water partition coefficient (Wildman–Crippen LogP) is 5.80. The van der Waals surface area contributed by atoms with E-state index in [9.17, 15) is 0 Å². The van der Waals surface area contributed by atoms with Crippen molar-refractivity contribution in [1.82, 2.24) is 0 Å². The third-order valence-corrected chi connectivity index (χ3v) is 12.8. The van der Waals surface area contributed by atoms with Crippen LogP contribution in [-0.4, -0.2) is 32.1 Å². The minimum Gasteiger partial charge on any atom is -0.411 e. The Kier molecular flexibility index (Phi) is 8.20. The smallest absolute Gasteiger partial charge is 0.200 e. The highest BCUT2D eigenvalue weighted by Gasteiger charge is 2.48. The van der Waals surface area contributed by atoms with E-state index in [1.54, 1.807) is 0 Å². The Labute approximate surface area is 147 Å². The van der Waals surface area contributed by atoms with Gasteiger partial charge in [0, 0.05) is 11.5 Å². The fourth-order valence-corrected chi connectivity index (χ4v) is 10.8. The first-order valence-electron chi connectivity index (χ1n) is 8.56. The summed E-state index contributed by atoms with van der Waals surface area (Å²) in [6.45, 7) is 14.2. The van der Waals surface area contributed by atoms with Crippen LogP contribution in [0, 0.1) is 5.92 Å². The molecule has 1 saturated carbocycles. The summed E-state index contributed by atoms with van der Waals surface area (Å²) in [4.78, 5) is 0. The molecule has 1 fully saturated rings. The maximum atomic E-state index is 6.97. The van der Waals surface area contributed by atoms with Gasteiger partial charge in [0.15, 0.2) is 0 Å². The van der Waals surface area contributed by atoms with Crippen LogP contribution in [0.25, 0.3) is 0 Å². The Morgan fingerprint density at radius 2 is 1.48 bits per heavy atom. The van der Waals surface area contributed by atoms with Gasteiger partial charge in [-0.1, -0.05) is 64.1 Å². The van der Waals surface area contributed by atoms with Crippen molar-refractivity contribution in [2.75, 3.05) is 11.5 Å². The van der Waals surface area contributed by atoms with Crippen molar-refractivity contribution in [3.8, 4) is 0 Å². The molecule has 0 amide bonds. The normalized spacial score (nSPS) is 27.9. The molecule has 0 aromatic rings. The van der Waals surface area contributed by atoms with Gasteiger partial charge in [-0.3, -0.25) is 0 Å². The van der Waals surface area contributed by atoms with Gasteiger partial charge in [0.2, 0.25) is 8.32 Å². The Balaban J connectivity index is 2.92. The molecular weight excluding hydrogens is 391 g/mol. The molecule has 0 heterocycles. The maximum Gasteiger partial charge on any atom is 0.200 e. The average Bonchev–Trinajstić information content (AvgIpc) is 2.43. The lowest BCUT2D eigenvalue weighted by molar-refractivity contribution is -0.0422. The Bertz CT molecular complexity index is 285. The topological polar surface area (TPSA) is 18.5 Å². The number of alkyl halides is 1. The summed E-state index contributed by atoms with van der Waals surface area (Å²) in [7, 11) is 0.0739. The van der Waals surface area contributed by atoms with Crippen molar-refractivity contribution in [3.05, 3.63) is 0 Å². The van der Waals surface area contributed by atoms with Crippen molar-refractivity contribution >= 4 is 30.9 Å². The zero-order valence-corrected chi connectivity index (χ0v) is 18.1. The van der Waals surface area contributed by atoms with Gasteiger partial charge in [-0.05, 0) is 41.8 Å². The number of rotatable bonds is 7. The lowest BCUT2D eigenvalue weighted by Crippen LogP contribution is -2.53. The zero-order chi connectivity index (χ0) is 16.2. The number of methoxy groups -OCH3 is 1. The van der Waals surface area contributed by atoms with Crippen LogP contribution in [0.1, 0.15) is 60.8 Å². The molecule has 1 aliphatic carbocycles. The van der Waals surface area contributed by atoms with Crippen molar-refractivity contribution in [2.45, 2.75) is 89.6 Å². The standard InChI is InChI=1S/C17H35IO2Si/c1-12(2)21(13(3)4,14(5)6)20-16-9-8-15(11-18)10-17(16)19-7/h12-17H,8-11H2,1-7H3/t15-,16-,17-/m1/s1. The highest BCUT2D eigenvalue weighted by atomic mass is 127. The van der Waals surface area contributed by atoms with Gasteiger partial charge in [-0.15, -0.1) is 0 Å². The van der Waals surface area contributed by atoms with E-state index in [-0.39, 0.29) is 0 Å². The van der Waals surface area contributed by atoms with Crippen molar-refractivity contribution in [1.29, 1.82) is 0 Å². The Morgan fingerprint density at radius 3 is 1.86 bits per heavy atom. The zero-order valence-electron chi connectivity index (χ0n) is 15.0. The van der Waals surface area contributed by atoms with Gasteiger partial charge >= 0.3 is 0 Å². The summed E-state index contributed by atoms with van der Waals surface area (Å²) in [6.07, 6.45) is 4.25. The lowest BCUT2D eigenvalue weighted by atomic mass is 9.86. The molecule has 126 valence electrons. The van der Waals surface area contributed by atoms with E-state index in [1.807, 2.05) is 7.11 Å². The monoisotopic (exact) mass is 426 g/mol. The quantitative estimate of drug-likeness (QED) is 0.291. The van der Waals surface area contributed by atoms with Crippen LogP contribution in [0.3, 0.4) is 0 Å². The van der Waals surface area contributed by atoms with Crippen LogP contribution in [-0.2, 0) is 9.16 Å². The molecule has 0 aromatic carbocycles. The first-order valence-corrected chi connectivity index (χ1v) is 12.2. The minimum absolute atomic E-state index is 0.293. The molecule has 4 heteroatoms. The molecule has 2 nitrogen and oxygen atoms in total. The van der Waals surface area contributed by atoms with Gasteiger partial charge in [0.25, 0.3) is 0 Å². The van der Waals surface area contributed by atoms with Crippen LogP contribution in [0.15, 0.2) is 0 Å². The lowest BCUT2D eigenvalue weighted by Gasteiger charge is -2.47. The molecule has 1 rings (SSSR count). The molecule has 1 aliphatic rings. The van der Waals surface area contributed by atoms with E-state index in [1.165, 1.54) is 23.7 Å². The molecule has 0 spiro atoms. The van der Waals surface area contributed by atoms with Gasteiger partial charge in [-0.25, -0.2) is 0 Å². The third-order valence-electron chi connectivity index (χ3n) is 5.42. The molecule has 0 unspecified atom stereocenters. The van der Waals surface area contributed by atoms with Crippen LogP contribution in [0.4, 0.5) is 0 Å². The van der Waals surface area contributed by atoms with Gasteiger partial charge in [-0.2, -0.15) is 0 Å². The maximum absolute atomic E-state index is 6.97. The summed E-state index contributed by atoms with van der Waals surface area (Å²) in [6, 6.07) is 0. The van der Waals surface area contributed by atoms with Crippen LogP contribution in [0.5, 0.6) is 0 Å². The largest absolute Gasteiger partial charge is 0.411 e. The minimum atomic E-state index is -1.79. The van der Waals surface area contributed by atoms with E-state index in [2.05, 4.69) is 64.1 Å². The first-order chi connectivity index (χ1) is 9.79. The van der Waals surface area contributed by atoms with E-state index in [4.69, 9.17) is 9.16 Å². The van der Waals surface area contributed by atoms with Crippen molar-refractivity contribution < 1.29 is 9.16 Å². The number of halogens is 1. The van der Waals surface area contributed by atoms with E-state index in [0.29, 0.717) is 28.8 Å². The molecule has 0 saturated heterocycles. The van der Waals surface area contributed by atoms with Gasteiger partial charge < -0.3 is 9.16 Å². The third kappa shape index (κ3) is 4.45. The second-order valence-corrected chi connectivity index (χ2v) is 13.9. The molecule has 0 aliphatic heterocycles. The second kappa shape index (κ2) is 8.64. The molecule has 0 aromatic heterocycles. The predicted molar refractivity (Wildman–Crippen MR) is 103 cm³/mol. The van der Waals surface area contributed by atoms with E-state index in [0.717, 1.165) is 5.92 Å². The fourth-order valence-electron chi connectivity index (χ4n) is 4.38. The summed E-state index contributed by atoms with van der Waals surface area (Å²) < 4.78 is 14.0. The first kappa shape index (κ1) is 19.9. The van der Waals surface area contributed by atoms with Crippen molar-refractivity contribution in [2.24, 2.45) is 5.92 Å². The fraction of sp³-hybridized carbons (Fsp3) is 1.00. The summed E-state index contributed by atoms with van der Waals surface area (Å²) in [5, 5.41) is 0. The van der Waals surface area contributed by atoms with Crippen LogP contribution >= 0.6 is 22.6 Å². The summed E-state index contributed by atoms with van der Waals surface area (Å²) >= 11 is 2.51. The van der Waals surface area contributed by atoms with Crippen LogP contribution in [0.2, 0.25) is 16.6 Å². The Hall–Kier alpha value is 0.867.